The van der Waals surface area contributed by atoms with Crippen molar-refractivity contribution in [3.63, 3.8) is 0 Å². The molecule has 0 aliphatic carbocycles. The SMILES string of the molecule is Cc1cc(=O)n(C)c(SCC(=O)N2CC(C)OC(C)C2)n1. The molecule has 0 N–H and O–H groups in total. The highest BCUT2D eigenvalue weighted by atomic mass is 32.2. The van der Waals surface area contributed by atoms with Gasteiger partial charge in [-0.3, -0.25) is 14.2 Å². The van der Waals surface area contributed by atoms with E-state index in [2.05, 4.69) is 4.98 Å². The lowest BCUT2D eigenvalue weighted by Crippen LogP contribution is -2.48. The molecule has 0 bridgehead atoms. The van der Waals surface area contributed by atoms with Crippen LogP contribution in [0.2, 0.25) is 0 Å². The Kier molecular flexibility index (Phi) is 5.05. The van der Waals surface area contributed by atoms with Crippen LogP contribution in [0.5, 0.6) is 0 Å². The van der Waals surface area contributed by atoms with Gasteiger partial charge in [0, 0.05) is 31.9 Å². The van der Waals surface area contributed by atoms with Crippen LogP contribution in [0, 0.1) is 6.92 Å². The molecule has 1 fully saturated rings. The zero-order valence-corrected chi connectivity index (χ0v) is 13.6. The first-order chi connectivity index (χ1) is 9.86. The quantitative estimate of drug-likeness (QED) is 0.611. The number of morpholine rings is 1. The Morgan fingerprint density at radius 2 is 2.05 bits per heavy atom. The Morgan fingerprint density at radius 3 is 2.67 bits per heavy atom. The van der Waals surface area contributed by atoms with Crippen LogP contribution in [0.3, 0.4) is 0 Å². The van der Waals surface area contributed by atoms with E-state index in [-0.39, 0.29) is 29.4 Å². The molecule has 1 aromatic rings. The summed E-state index contributed by atoms with van der Waals surface area (Å²) in [5.41, 5.74) is 0.563. The fraction of sp³-hybridized carbons (Fsp3) is 0.643. The Balaban J connectivity index is 2.00. The second-order valence-corrected chi connectivity index (χ2v) is 6.36. The van der Waals surface area contributed by atoms with E-state index in [9.17, 15) is 9.59 Å². The van der Waals surface area contributed by atoms with Crippen molar-refractivity contribution < 1.29 is 9.53 Å². The molecule has 2 rings (SSSR count). The maximum atomic E-state index is 12.3. The number of carbonyl (C=O) groups is 1. The van der Waals surface area contributed by atoms with E-state index in [0.29, 0.717) is 23.9 Å². The van der Waals surface area contributed by atoms with Crippen molar-refractivity contribution in [1.29, 1.82) is 0 Å². The molecule has 2 heterocycles. The third-order valence-corrected chi connectivity index (χ3v) is 4.33. The number of hydrogen-bond donors (Lipinski definition) is 0. The minimum absolute atomic E-state index is 0.0535. The molecule has 0 saturated carbocycles. The van der Waals surface area contributed by atoms with Crippen molar-refractivity contribution in [3.8, 4) is 0 Å². The summed E-state index contributed by atoms with van der Waals surface area (Å²) in [6, 6.07) is 1.48. The minimum Gasteiger partial charge on any atom is -0.372 e. The molecule has 1 saturated heterocycles. The Labute approximate surface area is 128 Å². The molecule has 2 atom stereocenters. The van der Waals surface area contributed by atoms with Crippen LogP contribution < -0.4 is 5.56 Å². The molecule has 1 amide bonds. The van der Waals surface area contributed by atoms with Crippen molar-refractivity contribution in [2.24, 2.45) is 7.05 Å². The summed E-state index contributed by atoms with van der Waals surface area (Å²) in [5, 5.41) is 0.572. The third kappa shape index (κ3) is 4.07. The van der Waals surface area contributed by atoms with E-state index in [1.165, 1.54) is 22.4 Å². The summed E-state index contributed by atoms with van der Waals surface area (Å²) in [4.78, 5) is 30.1. The van der Waals surface area contributed by atoms with Gasteiger partial charge >= 0.3 is 0 Å². The van der Waals surface area contributed by atoms with Crippen LogP contribution in [0.25, 0.3) is 0 Å². The summed E-state index contributed by atoms with van der Waals surface area (Å²) in [5.74, 6) is 0.334. The largest absolute Gasteiger partial charge is 0.372 e. The number of rotatable bonds is 3. The molecule has 21 heavy (non-hydrogen) atoms. The van der Waals surface area contributed by atoms with Crippen LogP contribution in [0.4, 0.5) is 0 Å². The normalized spacial score (nSPS) is 22.4. The minimum atomic E-state index is -0.105. The summed E-state index contributed by atoms with van der Waals surface area (Å²) in [6.07, 6.45) is 0.119. The van der Waals surface area contributed by atoms with E-state index >= 15 is 0 Å². The molecule has 2 unspecified atom stereocenters. The van der Waals surface area contributed by atoms with Gasteiger partial charge in [-0.05, 0) is 20.8 Å². The average molecular weight is 311 g/mol. The maximum Gasteiger partial charge on any atom is 0.254 e. The molecule has 1 aliphatic heterocycles. The van der Waals surface area contributed by atoms with E-state index in [1.807, 2.05) is 18.7 Å². The maximum absolute atomic E-state index is 12.3. The number of aromatic nitrogens is 2. The molecule has 1 aromatic heterocycles. The van der Waals surface area contributed by atoms with Gasteiger partial charge in [-0.2, -0.15) is 0 Å². The standard InChI is InChI=1S/C14H21N3O3S/c1-9-5-12(18)16(4)14(15-9)21-8-13(19)17-6-10(2)20-11(3)7-17/h5,10-11H,6-8H2,1-4H3. The van der Waals surface area contributed by atoms with Gasteiger partial charge in [0.1, 0.15) is 0 Å². The van der Waals surface area contributed by atoms with E-state index in [1.54, 1.807) is 14.0 Å². The van der Waals surface area contributed by atoms with Crippen molar-refractivity contribution in [3.05, 3.63) is 22.1 Å². The highest BCUT2D eigenvalue weighted by Gasteiger charge is 2.25. The number of amides is 1. The van der Waals surface area contributed by atoms with Crippen LogP contribution in [0.1, 0.15) is 19.5 Å². The highest BCUT2D eigenvalue weighted by Crippen LogP contribution is 2.17. The molecule has 7 heteroatoms. The number of nitrogens with zero attached hydrogens (tertiary/aromatic N) is 3. The Morgan fingerprint density at radius 1 is 1.43 bits per heavy atom. The number of carbonyl (C=O) groups excluding carboxylic acids is 1. The van der Waals surface area contributed by atoms with Crippen LogP contribution >= 0.6 is 11.8 Å². The second-order valence-electron chi connectivity index (χ2n) is 5.42. The zero-order valence-electron chi connectivity index (χ0n) is 12.8. The molecule has 1 aliphatic rings. The zero-order chi connectivity index (χ0) is 15.6. The summed E-state index contributed by atoms with van der Waals surface area (Å²) < 4.78 is 7.09. The predicted octanol–water partition coefficient (Wildman–Crippen LogP) is 0.817. The molecule has 0 spiro atoms. The predicted molar refractivity (Wildman–Crippen MR) is 81.5 cm³/mol. The second kappa shape index (κ2) is 6.62. The van der Waals surface area contributed by atoms with Gasteiger partial charge in [0.05, 0.1) is 18.0 Å². The van der Waals surface area contributed by atoms with Gasteiger partial charge in [-0.1, -0.05) is 11.8 Å². The van der Waals surface area contributed by atoms with Gasteiger partial charge in [0.25, 0.3) is 5.56 Å². The first-order valence-corrected chi connectivity index (χ1v) is 7.96. The lowest BCUT2D eigenvalue weighted by atomic mass is 10.2. The highest BCUT2D eigenvalue weighted by molar-refractivity contribution is 7.99. The monoisotopic (exact) mass is 311 g/mol. The lowest BCUT2D eigenvalue weighted by Gasteiger charge is -2.35. The average Bonchev–Trinajstić information content (AvgIpc) is 2.39. The summed E-state index contributed by atoms with van der Waals surface area (Å²) >= 11 is 1.30. The Hall–Kier alpha value is -1.34. The number of thioether (sulfide) groups is 1. The molecule has 116 valence electrons. The van der Waals surface area contributed by atoms with Gasteiger partial charge in [-0.15, -0.1) is 0 Å². The summed E-state index contributed by atoms with van der Waals surface area (Å²) in [7, 11) is 1.67. The van der Waals surface area contributed by atoms with Crippen molar-refractivity contribution in [1.82, 2.24) is 14.5 Å². The van der Waals surface area contributed by atoms with Gasteiger partial charge < -0.3 is 9.64 Å². The number of hydrogen-bond acceptors (Lipinski definition) is 5. The van der Waals surface area contributed by atoms with Crippen molar-refractivity contribution in [2.45, 2.75) is 38.1 Å². The molecule has 0 aromatic carbocycles. The summed E-state index contributed by atoms with van der Waals surface area (Å²) in [6.45, 7) is 6.94. The van der Waals surface area contributed by atoms with Crippen molar-refractivity contribution >= 4 is 17.7 Å². The fourth-order valence-corrected chi connectivity index (χ4v) is 3.28. The topological polar surface area (TPSA) is 64.4 Å². The van der Waals surface area contributed by atoms with Gasteiger partial charge in [-0.25, -0.2) is 4.98 Å². The number of aryl methyl sites for hydroxylation is 1. The van der Waals surface area contributed by atoms with Crippen LogP contribution in [0.15, 0.2) is 16.0 Å². The van der Waals surface area contributed by atoms with Gasteiger partial charge in [0.2, 0.25) is 5.91 Å². The number of ether oxygens (including phenoxy) is 1. The van der Waals surface area contributed by atoms with E-state index < -0.39 is 0 Å². The fourth-order valence-electron chi connectivity index (χ4n) is 2.36. The molecular weight excluding hydrogens is 290 g/mol. The molecular formula is C14H21N3O3S. The van der Waals surface area contributed by atoms with Crippen molar-refractivity contribution in [2.75, 3.05) is 18.8 Å². The first-order valence-electron chi connectivity index (χ1n) is 6.97. The van der Waals surface area contributed by atoms with Crippen LogP contribution in [-0.4, -0.2) is 51.4 Å². The molecule has 0 radical (unpaired) electrons. The van der Waals surface area contributed by atoms with Gasteiger partial charge in [0.15, 0.2) is 5.16 Å². The lowest BCUT2D eigenvalue weighted by molar-refractivity contribution is -0.140. The first kappa shape index (κ1) is 16.0. The third-order valence-electron chi connectivity index (χ3n) is 3.32. The van der Waals surface area contributed by atoms with Crippen LogP contribution in [-0.2, 0) is 16.6 Å². The van der Waals surface area contributed by atoms with E-state index in [4.69, 9.17) is 4.74 Å². The smallest absolute Gasteiger partial charge is 0.254 e. The molecule has 6 nitrogen and oxygen atoms in total. The Bertz CT molecular complexity index is 577. The van der Waals surface area contributed by atoms with E-state index in [0.717, 1.165) is 0 Å².